The van der Waals surface area contributed by atoms with E-state index in [1.54, 1.807) is 0 Å². The lowest BCUT2D eigenvalue weighted by Crippen LogP contribution is -2.20. The van der Waals surface area contributed by atoms with Crippen molar-refractivity contribution in [1.82, 2.24) is 0 Å². The third kappa shape index (κ3) is 6.09. The average Bonchev–Trinajstić information content (AvgIpc) is 2.70. The lowest BCUT2D eigenvalue weighted by molar-refractivity contribution is -0.136. The molecule has 1 N–H and O–H groups in total. The third-order valence-electron chi connectivity index (χ3n) is 3.67. The number of rotatable bonds is 5. The van der Waals surface area contributed by atoms with Gasteiger partial charge < -0.3 is 5.11 Å². The van der Waals surface area contributed by atoms with Crippen molar-refractivity contribution >= 4 is 45.7 Å². The highest BCUT2D eigenvalue weighted by Gasteiger charge is 2.15. The van der Waals surface area contributed by atoms with Crippen LogP contribution in [0, 0.1) is 0 Å². The highest BCUT2D eigenvalue weighted by atomic mass is 79.9. The second kappa shape index (κ2) is 10.9. The van der Waals surface area contributed by atoms with Crippen molar-refractivity contribution in [1.29, 1.82) is 0 Å². The van der Waals surface area contributed by atoms with Crippen LogP contribution in [0.3, 0.4) is 0 Å². The van der Waals surface area contributed by atoms with Crippen LogP contribution in [0.4, 0.5) is 0 Å². The molecule has 3 aromatic carbocycles. The van der Waals surface area contributed by atoms with Gasteiger partial charge in [-0.3, -0.25) is 4.79 Å². The molecule has 0 aliphatic carbocycles. The van der Waals surface area contributed by atoms with E-state index in [0.717, 1.165) is 0 Å². The summed E-state index contributed by atoms with van der Waals surface area (Å²) in [6.45, 7) is 1.81. The number of carboxylic acid groups (broad SMARTS) is 1. The van der Waals surface area contributed by atoms with Crippen LogP contribution in [0.5, 0.6) is 0 Å². The maximum absolute atomic E-state index is 9.88. The van der Waals surface area contributed by atoms with Gasteiger partial charge >= 0.3 is 5.97 Å². The van der Waals surface area contributed by atoms with Gasteiger partial charge in [0.15, 0.2) is 0 Å². The van der Waals surface area contributed by atoms with Gasteiger partial charge in [0.05, 0.1) is 0 Å². The Morgan fingerprint density at radius 3 is 1.31 bits per heavy atom. The highest BCUT2D eigenvalue weighted by Crippen LogP contribution is 2.32. The minimum atomic E-state index is -0.789. The van der Waals surface area contributed by atoms with E-state index < -0.39 is 13.9 Å². The monoisotopic (exact) mass is 428 g/mol. The number of benzene rings is 3. The molecule has 0 aliphatic rings. The Morgan fingerprint density at radius 2 is 1.12 bits per heavy atom. The molecule has 26 heavy (non-hydrogen) atoms. The maximum Gasteiger partial charge on any atom is 0.317 e. The van der Waals surface area contributed by atoms with Crippen LogP contribution in [0.15, 0.2) is 91.0 Å². The van der Waals surface area contributed by atoms with Crippen LogP contribution in [0.1, 0.15) is 13.3 Å². The maximum atomic E-state index is 9.88. The SMILES string of the molecule is CCC(Br)C(=O)O.c1ccc(P(c2ccccc2)c2ccccc2)cc1. The van der Waals surface area contributed by atoms with Gasteiger partial charge in [0, 0.05) is 0 Å². The van der Waals surface area contributed by atoms with Crippen LogP contribution in [0.2, 0.25) is 0 Å². The fourth-order valence-electron chi connectivity index (χ4n) is 2.35. The topological polar surface area (TPSA) is 37.3 Å². The van der Waals surface area contributed by atoms with Crippen molar-refractivity contribution < 1.29 is 9.90 Å². The number of hydrogen-bond acceptors (Lipinski definition) is 1. The molecule has 0 aliphatic heterocycles. The Bertz CT molecular complexity index is 685. The minimum Gasteiger partial charge on any atom is -0.480 e. The van der Waals surface area contributed by atoms with Gasteiger partial charge in [-0.15, -0.1) is 0 Å². The van der Waals surface area contributed by atoms with Gasteiger partial charge in [-0.1, -0.05) is 114 Å². The summed E-state index contributed by atoms with van der Waals surface area (Å²) in [5.74, 6) is -0.789. The lowest BCUT2D eigenvalue weighted by atomic mass is 10.3. The fraction of sp³-hybridized carbons (Fsp3) is 0.136. The van der Waals surface area contributed by atoms with Crippen molar-refractivity contribution in [2.45, 2.75) is 18.2 Å². The second-order valence-corrected chi connectivity index (χ2v) is 8.88. The molecule has 2 nitrogen and oxygen atoms in total. The Morgan fingerprint density at radius 1 is 0.808 bits per heavy atom. The van der Waals surface area contributed by atoms with Crippen LogP contribution in [0.25, 0.3) is 0 Å². The first kappa shape index (κ1) is 20.4. The Kier molecular flexibility index (Phi) is 8.53. The number of carboxylic acids is 1. The molecule has 0 saturated heterocycles. The first-order valence-corrected chi connectivity index (χ1v) is 10.7. The van der Waals surface area contributed by atoms with Crippen molar-refractivity contribution in [2.24, 2.45) is 0 Å². The molecule has 1 atom stereocenters. The largest absolute Gasteiger partial charge is 0.480 e. The molecule has 0 bridgehead atoms. The number of hydrogen-bond donors (Lipinski definition) is 1. The van der Waals surface area contributed by atoms with Crippen molar-refractivity contribution in [3.63, 3.8) is 0 Å². The summed E-state index contributed by atoms with van der Waals surface area (Å²) in [6, 6.07) is 32.3. The van der Waals surface area contributed by atoms with Crippen LogP contribution in [-0.4, -0.2) is 15.9 Å². The quantitative estimate of drug-likeness (QED) is 0.472. The van der Waals surface area contributed by atoms with Gasteiger partial charge in [-0.25, -0.2) is 0 Å². The van der Waals surface area contributed by atoms with Crippen LogP contribution >= 0.6 is 23.9 Å². The van der Waals surface area contributed by atoms with E-state index in [1.165, 1.54) is 15.9 Å². The van der Waals surface area contributed by atoms with Gasteiger partial charge in [-0.2, -0.15) is 0 Å². The van der Waals surface area contributed by atoms with E-state index >= 15 is 0 Å². The van der Waals surface area contributed by atoms with E-state index in [4.69, 9.17) is 5.11 Å². The smallest absolute Gasteiger partial charge is 0.317 e. The first-order chi connectivity index (χ1) is 12.6. The molecule has 3 aromatic rings. The van der Waals surface area contributed by atoms with Gasteiger partial charge in [0.25, 0.3) is 0 Å². The molecule has 0 fully saturated rings. The Labute approximate surface area is 164 Å². The third-order valence-corrected chi connectivity index (χ3v) is 7.15. The number of alkyl halides is 1. The molecule has 0 heterocycles. The minimum absolute atomic E-state index is 0.368. The lowest BCUT2D eigenvalue weighted by Gasteiger charge is -2.18. The molecule has 1 unspecified atom stereocenters. The van der Waals surface area contributed by atoms with E-state index in [1.807, 2.05) is 6.92 Å². The van der Waals surface area contributed by atoms with Crippen molar-refractivity contribution in [3.05, 3.63) is 91.0 Å². The molecule has 3 rings (SSSR count). The molecule has 0 saturated carbocycles. The van der Waals surface area contributed by atoms with Crippen molar-refractivity contribution in [2.75, 3.05) is 0 Å². The van der Waals surface area contributed by atoms with Gasteiger partial charge in [-0.05, 0) is 30.3 Å². The number of carbonyl (C=O) groups is 1. The zero-order chi connectivity index (χ0) is 18.8. The number of halogens is 1. The molecular weight excluding hydrogens is 407 g/mol. The Balaban J connectivity index is 0.000000298. The summed E-state index contributed by atoms with van der Waals surface area (Å²) in [4.78, 5) is 9.52. The molecule has 0 aromatic heterocycles. The summed E-state index contributed by atoms with van der Waals surface area (Å²) in [6.07, 6.45) is 0.634. The van der Waals surface area contributed by atoms with E-state index in [9.17, 15) is 4.79 Å². The van der Waals surface area contributed by atoms with Crippen LogP contribution in [-0.2, 0) is 4.79 Å². The summed E-state index contributed by atoms with van der Waals surface area (Å²) in [7, 11) is -0.446. The van der Waals surface area contributed by atoms with E-state index in [-0.39, 0.29) is 4.83 Å². The predicted molar refractivity (Wildman–Crippen MR) is 116 cm³/mol. The zero-order valence-electron chi connectivity index (χ0n) is 14.6. The Hall–Kier alpha value is -1.96. The predicted octanol–water partition coefficient (Wildman–Crippen LogP) is 4.69. The molecule has 0 amide bonds. The fourth-order valence-corrected chi connectivity index (χ4v) is 4.66. The molecular formula is C22H22BrO2P. The molecule has 0 spiro atoms. The summed E-state index contributed by atoms with van der Waals surface area (Å²) < 4.78 is 0. The average molecular weight is 429 g/mol. The van der Waals surface area contributed by atoms with Gasteiger partial charge in [0.1, 0.15) is 4.83 Å². The molecule has 4 heteroatoms. The van der Waals surface area contributed by atoms with E-state index in [0.29, 0.717) is 6.42 Å². The number of aliphatic carboxylic acids is 1. The van der Waals surface area contributed by atoms with Gasteiger partial charge in [0.2, 0.25) is 0 Å². The normalized spacial score (nSPS) is 11.3. The first-order valence-electron chi connectivity index (χ1n) is 8.45. The van der Waals surface area contributed by atoms with Crippen molar-refractivity contribution in [3.8, 4) is 0 Å². The second-order valence-electron chi connectivity index (χ2n) is 5.56. The summed E-state index contributed by atoms with van der Waals surface area (Å²) in [5, 5.41) is 12.3. The molecule has 134 valence electrons. The standard InChI is InChI=1S/C18H15P.C4H7BrO2/c1-4-10-16(11-5-1)19(17-12-6-2-7-13-17)18-14-8-3-9-15-18;1-2-3(5)4(6)7/h1-15H;3H,2H2,1H3,(H,6,7). The molecule has 0 radical (unpaired) electrons. The van der Waals surface area contributed by atoms with E-state index in [2.05, 4.69) is 107 Å². The summed E-state index contributed by atoms with van der Waals surface area (Å²) in [5.41, 5.74) is 0. The van der Waals surface area contributed by atoms with Crippen LogP contribution < -0.4 is 15.9 Å². The highest BCUT2D eigenvalue weighted by molar-refractivity contribution is 9.10. The summed E-state index contributed by atoms with van der Waals surface area (Å²) >= 11 is 2.94. The zero-order valence-corrected chi connectivity index (χ0v) is 17.1.